The Hall–Kier alpha value is -2.77. The van der Waals surface area contributed by atoms with E-state index >= 15 is 0 Å². The number of hydrogen-bond donors (Lipinski definition) is 2. The zero-order valence-electron chi connectivity index (χ0n) is 13.7. The summed E-state index contributed by atoms with van der Waals surface area (Å²) in [7, 11) is 0. The third-order valence-electron chi connectivity index (χ3n) is 3.25. The molecule has 1 heterocycles. The van der Waals surface area contributed by atoms with Gasteiger partial charge < -0.3 is 15.8 Å². The predicted octanol–water partition coefficient (Wildman–Crippen LogP) is 3.51. The van der Waals surface area contributed by atoms with Crippen molar-refractivity contribution < 1.29 is 17.9 Å². The molecule has 8 heteroatoms. The lowest BCUT2D eigenvalue weighted by Gasteiger charge is -2.08. The SMILES string of the molecule is CCc1ccc(NC(N)=NCc2ccc(OCC(F)(F)F)nc2)cc1. The second kappa shape index (κ2) is 8.36. The molecule has 0 unspecified atom stereocenters. The topological polar surface area (TPSA) is 72.5 Å². The summed E-state index contributed by atoms with van der Waals surface area (Å²) >= 11 is 0. The van der Waals surface area contributed by atoms with E-state index in [9.17, 15) is 13.2 Å². The number of pyridine rings is 1. The molecule has 5 nitrogen and oxygen atoms in total. The van der Waals surface area contributed by atoms with Crippen LogP contribution in [0.4, 0.5) is 18.9 Å². The molecule has 1 aromatic heterocycles. The fourth-order valence-corrected chi connectivity index (χ4v) is 1.93. The van der Waals surface area contributed by atoms with Crippen LogP contribution < -0.4 is 15.8 Å². The molecule has 0 saturated heterocycles. The first-order chi connectivity index (χ1) is 11.9. The molecular formula is C17H19F3N4O. The van der Waals surface area contributed by atoms with Gasteiger partial charge in [0.2, 0.25) is 5.88 Å². The average Bonchev–Trinajstić information content (AvgIpc) is 2.59. The van der Waals surface area contributed by atoms with Crippen molar-refractivity contribution in [3.05, 3.63) is 53.7 Å². The van der Waals surface area contributed by atoms with E-state index in [4.69, 9.17) is 5.73 Å². The Bertz CT molecular complexity index is 697. The number of halogens is 3. The van der Waals surface area contributed by atoms with Crippen LogP contribution in [0.5, 0.6) is 5.88 Å². The molecule has 0 aliphatic heterocycles. The van der Waals surface area contributed by atoms with Crippen molar-refractivity contribution >= 4 is 11.6 Å². The van der Waals surface area contributed by atoms with Gasteiger partial charge in [0, 0.05) is 18.0 Å². The molecule has 134 valence electrons. The maximum atomic E-state index is 12.1. The fourth-order valence-electron chi connectivity index (χ4n) is 1.93. The molecule has 0 fully saturated rings. The van der Waals surface area contributed by atoms with Gasteiger partial charge in [0.1, 0.15) is 0 Å². The lowest BCUT2D eigenvalue weighted by molar-refractivity contribution is -0.154. The van der Waals surface area contributed by atoms with Gasteiger partial charge in [0.15, 0.2) is 12.6 Å². The second-order valence-electron chi connectivity index (χ2n) is 5.29. The van der Waals surface area contributed by atoms with Crippen LogP contribution in [0.3, 0.4) is 0 Å². The zero-order valence-corrected chi connectivity index (χ0v) is 13.7. The second-order valence-corrected chi connectivity index (χ2v) is 5.29. The van der Waals surface area contributed by atoms with Crippen LogP contribution in [-0.4, -0.2) is 23.7 Å². The average molecular weight is 352 g/mol. The highest BCUT2D eigenvalue weighted by molar-refractivity contribution is 5.92. The Labute approximate surface area is 143 Å². The molecule has 25 heavy (non-hydrogen) atoms. The number of aromatic nitrogens is 1. The number of benzene rings is 1. The minimum Gasteiger partial charge on any atom is -0.468 e. The van der Waals surface area contributed by atoms with Gasteiger partial charge >= 0.3 is 6.18 Å². The predicted molar refractivity (Wildman–Crippen MR) is 90.6 cm³/mol. The van der Waals surface area contributed by atoms with E-state index in [1.54, 1.807) is 6.07 Å². The lowest BCUT2D eigenvalue weighted by Crippen LogP contribution is -2.22. The molecule has 0 saturated carbocycles. The van der Waals surface area contributed by atoms with E-state index in [1.807, 2.05) is 24.3 Å². The number of nitrogens with one attached hydrogen (secondary N) is 1. The van der Waals surface area contributed by atoms with Gasteiger partial charge in [-0.2, -0.15) is 13.2 Å². The zero-order chi connectivity index (χ0) is 18.3. The Morgan fingerprint density at radius 2 is 1.84 bits per heavy atom. The van der Waals surface area contributed by atoms with Crippen molar-refractivity contribution in [2.24, 2.45) is 10.7 Å². The Morgan fingerprint density at radius 1 is 1.16 bits per heavy atom. The molecule has 0 bridgehead atoms. The summed E-state index contributed by atoms with van der Waals surface area (Å²) in [5.74, 6) is 0.147. The minimum absolute atomic E-state index is 0.0906. The van der Waals surface area contributed by atoms with E-state index in [0.717, 1.165) is 12.1 Å². The number of hydrogen-bond acceptors (Lipinski definition) is 3. The van der Waals surface area contributed by atoms with E-state index in [0.29, 0.717) is 5.56 Å². The van der Waals surface area contributed by atoms with Crippen molar-refractivity contribution in [2.45, 2.75) is 26.1 Å². The standard InChI is InChI=1S/C17H19F3N4O/c1-2-12-3-6-14(7-4-12)24-16(21)23-10-13-5-8-15(22-9-13)25-11-17(18,19)20/h3-9H,2,10-11H2,1H3,(H3,21,23,24). The van der Waals surface area contributed by atoms with Gasteiger partial charge in [0.05, 0.1) is 6.54 Å². The summed E-state index contributed by atoms with van der Waals surface area (Å²) in [6.07, 6.45) is -2.03. The largest absolute Gasteiger partial charge is 0.468 e. The third kappa shape index (κ3) is 6.70. The fraction of sp³-hybridized carbons (Fsp3) is 0.294. The van der Waals surface area contributed by atoms with Crippen LogP contribution >= 0.6 is 0 Å². The summed E-state index contributed by atoms with van der Waals surface area (Å²) in [6.45, 7) is 0.954. The molecule has 0 amide bonds. The molecular weight excluding hydrogens is 333 g/mol. The summed E-state index contributed by atoms with van der Waals surface area (Å²) in [4.78, 5) is 7.98. The summed E-state index contributed by atoms with van der Waals surface area (Å²) in [5.41, 5.74) is 8.57. The van der Waals surface area contributed by atoms with Crippen molar-refractivity contribution in [1.82, 2.24) is 4.98 Å². The first kappa shape index (κ1) is 18.6. The Morgan fingerprint density at radius 3 is 2.40 bits per heavy atom. The maximum Gasteiger partial charge on any atom is 0.422 e. The summed E-state index contributed by atoms with van der Waals surface area (Å²) in [5, 5.41) is 2.97. The highest BCUT2D eigenvalue weighted by Gasteiger charge is 2.28. The van der Waals surface area contributed by atoms with E-state index in [2.05, 4.69) is 27.0 Å². The minimum atomic E-state index is -4.39. The third-order valence-corrected chi connectivity index (χ3v) is 3.25. The molecule has 1 aromatic carbocycles. The quantitative estimate of drug-likeness (QED) is 0.616. The number of ether oxygens (including phenoxy) is 1. The lowest BCUT2D eigenvalue weighted by atomic mass is 10.1. The van der Waals surface area contributed by atoms with Crippen LogP contribution in [0.25, 0.3) is 0 Å². The van der Waals surface area contributed by atoms with Crippen molar-refractivity contribution in [1.29, 1.82) is 0 Å². The van der Waals surface area contributed by atoms with Gasteiger partial charge in [-0.15, -0.1) is 0 Å². The van der Waals surface area contributed by atoms with Crippen molar-refractivity contribution in [3.8, 4) is 5.88 Å². The van der Waals surface area contributed by atoms with Crippen molar-refractivity contribution in [2.75, 3.05) is 11.9 Å². The van der Waals surface area contributed by atoms with Crippen LogP contribution in [-0.2, 0) is 13.0 Å². The smallest absolute Gasteiger partial charge is 0.422 e. The molecule has 0 aliphatic rings. The highest BCUT2D eigenvalue weighted by atomic mass is 19.4. The summed E-state index contributed by atoms with van der Waals surface area (Å²) < 4.78 is 40.7. The molecule has 0 radical (unpaired) electrons. The number of alkyl halides is 3. The molecule has 0 spiro atoms. The molecule has 3 N–H and O–H groups in total. The summed E-state index contributed by atoms with van der Waals surface area (Å²) in [6, 6.07) is 10.8. The van der Waals surface area contributed by atoms with E-state index < -0.39 is 12.8 Å². The first-order valence-corrected chi connectivity index (χ1v) is 7.66. The van der Waals surface area contributed by atoms with Crippen LogP contribution in [0, 0.1) is 0 Å². The van der Waals surface area contributed by atoms with Gasteiger partial charge in [-0.3, -0.25) is 0 Å². The number of aryl methyl sites for hydroxylation is 1. The van der Waals surface area contributed by atoms with Gasteiger partial charge in [0.25, 0.3) is 0 Å². The monoisotopic (exact) mass is 352 g/mol. The number of rotatable bonds is 6. The number of anilines is 1. The highest BCUT2D eigenvalue weighted by Crippen LogP contribution is 2.17. The Balaban J connectivity index is 1.87. The van der Waals surface area contributed by atoms with E-state index in [1.165, 1.54) is 17.8 Å². The number of guanidine groups is 1. The van der Waals surface area contributed by atoms with Gasteiger partial charge in [-0.05, 0) is 29.7 Å². The molecule has 2 rings (SSSR count). The van der Waals surface area contributed by atoms with Crippen LogP contribution in [0.15, 0.2) is 47.6 Å². The van der Waals surface area contributed by atoms with Gasteiger partial charge in [-0.1, -0.05) is 25.1 Å². The van der Waals surface area contributed by atoms with Crippen LogP contribution in [0.1, 0.15) is 18.1 Å². The number of nitrogens with two attached hydrogens (primary N) is 1. The maximum absolute atomic E-state index is 12.1. The number of aliphatic imine (C=N–C) groups is 1. The molecule has 0 aliphatic carbocycles. The molecule has 2 aromatic rings. The van der Waals surface area contributed by atoms with Gasteiger partial charge in [-0.25, -0.2) is 9.98 Å². The molecule has 0 atom stereocenters. The van der Waals surface area contributed by atoms with Crippen LogP contribution in [0.2, 0.25) is 0 Å². The number of nitrogens with zero attached hydrogens (tertiary/aromatic N) is 2. The van der Waals surface area contributed by atoms with Crippen molar-refractivity contribution in [3.63, 3.8) is 0 Å². The normalized spacial score (nSPS) is 12.1. The first-order valence-electron chi connectivity index (χ1n) is 7.66. The Kier molecular flexibility index (Phi) is 6.21. The van der Waals surface area contributed by atoms with E-state index in [-0.39, 0.29) is 18.4 Å².